The average Bonchev–Trinajstić information content (AvgIpc) is 2.69. The van der Waals surface area contributed by atoms with Crippen molar-refractivity contribution in [1.29, 1.82) is 0 Å². The van der Waals surface area contributed by atoms with Gasteiger partial charge in [0.05, 0.1) is 20.7 Å². The van der Waals surface area contributed by atoms with E-state index >= 15 is 0 Å². The number of hydrogen-bond donors (Lipinski definition) is 3. The highest BCUT2D eigenvalue weighted by Crippen LogP contribution is 2.33. The zero-order valence-corrected chi connectivity index (χ0v) is 19.0. The Morgan fingerprint density at radius 2 is 1.87 bits per heavy atom. The molecule has 31 heavy (non-hydrogen) atoms. The number of nitrogens with one attached hydrogen (secondary N) is 1. The number of ketones is 1. The lowest BCUT2D eigenvalue weighted by molar-refractivity contribution is 0.103. The molecule has 0 saturated carbocycles. The first-order chi connectivity index (χ1) is 14.5. The van der Waals surface area contributed by atoms with Gasteiger partial charge in [-0.1, -0.05) is 36.9 Å². The first-order valence-corrected chi connectivity index (χ1v) is 11.9. The molecule has 0 aliphatic heterocycles. The van der Waals surface area contributed by atoms with Gasteiger partial charge >= 0.3 is 0 Å². The summed E-state index contributed by atoms with van der Waals surface area (Å²) in [5.74, 6) is -2.80. The molecule has 168 valence electrons. The molecule has 0 spiro atoms. The van der Waals surface area contributed by atoms with Gasteiger partial charge in [0, 0.05) is 11.4 Å². The molecule has 1 aromatic carbocycles. The maximum Gasteiger partial charge on any atom is 0.215 e. The highest BCUT2D eigenvalue weighted by atomic mass is 32.2. The lowest BCUT2D eigenvalue weighted by Crippen LogP contribution is -2.28. The van der Waals surface area contributed by atoms with Crippen LogP contribution in [0.4, 0.5) is 8.78 Å². The number of carbonyl (C=O) groups is 1. The van der Waals surface area contributed by atoms with Crippen LogP contribution >= 0.6 is 11.8 Å². The molecule has 1 aliphatic rings. The van der Waals surface area contributed by atoms with Crippen LogP contribution in [0, 0.1) is 11.6 Å². The summed E-state index contributed by atoms with van der Waals surface area (Å²) in [6.07, 6.45) is 5.56. The van der Waals surface area contributed by atoms with Crippen molar-refractivity contribution >= 4 is 27.6 Å². The van der Waals surface area contributed by atoms with Gasteiger partial charge in [-0.15, -0.1) is 0 Å². The van der Waals surface area contributed by atoms with Crippen LogP contribution in [0.5, 0.6) is 0 Å². The molecule has 0 heterocycles. The van der Waals surface area contributed by atoms with E-state index in [2.05, 4.69) is 5.32 Å². The van der Waals surface area contributed by atoms with E-state index in [0.717, 1.165) is 29.5 Å². The molecule has 1 aliphatic carbocycles. The molecule has 0 saturated heterocycles. The molecule has 10 heteroatoms. The van der Waals surface area contributed by atoms with Crippen LogP contribution in [0.2, 0.25) is 0 Å². The maximum atomic E-state index is 14.2. The first-order valence-electron chi connectivity index (χ1n) is 9.45. The molecular formula is C21H25F2N3O3S2. The van der Waals surface area contributed by atoms with Gasteiger partial charge in [-0.25, -0.2) is 22.3 Å². The fourth-order valence-electron chi connectivity index (χ4n) is 2.68. The fourth-order valence-corrected chi connectivity index (χ4v) is 4.39. The number of rotatable bonds is 8. The summed E-state index contributed by atoms with van der Waals surface area (Å²) < 4.78 is 51.3. The highest BCUT2D eigenvalue weighted by molar-refractivity contribution is 8.07. The van der Waals surface area contributed by atoms with Crippen LogP contribution in [0.25, 0.3) is 0 Å². The second-order valence-electron chi connectivity index (χ2n) is 7.01. The van der Waals surface area contributed by atoms with Crippen LogP contribution < -0.4 is 16.2 Å². The van der Waals surface area contributed by atoms with Crippen molar-refractivity contribution in [3.63, 3.8) is 0 Å². The Morgan fingerprint density at radius 3 is 2.32 bits per heavy atom. The molecule has 0 aromatic heterocycles. The Hall–Kier alpha value is -2.43. The summed E-state index contributed by atoms with van der Waals surface area (Å²) in [4.78, 5) is 12.9. The molecule has 0 radical (unpaired) electrons. The summed E-state index contributed by atoms with van der Waals surface area (Å²) >= 11 is 0.974. The van der Waals surface area contributed by atoms with Crippen molar-refractivity contribution in [2.24, 2.45) is 10.9 Å². The van der Waals surface area contributed by atoms with Crippen LogP contribution in [0.15, 0.2) is 63.3 Å². The quantitative estimate of drug-likeness (QED) is 0.394. The number of carbonyl (C=O) groups excluding carboxylic acids is 1. The van der Waals surface area contributed by atoms with Crippen molar-refractivity contribution in [3.05, 3.63) is 80.5 Å². The normalized spacial score (nSPS) is 18.1. The van der Waals surface area contributed by atoms with Crippen LogP contribution in [0.3, 0.4) is 0 Å². The van der Waals surface area contributed by atoms with Crippen LogP contribution in [-0.2, 0) is 10.0 Å². The lowest BCUT2D eigenvalue weighted by atomic mass is 10.1. The standard InChI is InChI=1S/C21H25F2N3O3S2/c1-4-12(2)21(26-14-8-10-15(11-9-14)31(25,28)29)30-20(13(3)24)19(27)18-16(22)6-5-7-17(18)23/h5-10,15,26H,4,11,24H2,1-3H3,(H2,25,28,29)/b20-13+,21-12+. The topological polar surface area (TPSA) is 115 Å². The average molecular weight is 470 g/mol. The molecule has 6 nitrogen and oxygen atoms in total. The van der Waals surface area contributed by atoms with Crippen molar-refractivity contribution in [1.82, 2.24) is 5.32 Å². The van der Waals surface area contributed by atoms with E-state index in [1.807, 2.05) is 13.8 Å². The van der Waals surface area contributed by atoms with Gasteiger partial charge in [-0.3, -0.25) is 4.79 Å². The number of allylic oxidation sites excluding steroid dienone is 5. The van der Waals surface area contributed by atoms with Gasteiger partial charge in [0.1, 0.15) is 11.6 Å². The third-order valence-electron chi connectivity index (χ3n) is 4.62. The van der Waals surface area contributed by atoms with Gasteiger partial charge in [0.2, 0.25) is 15.8 Å². The van der Waals surface area contributed by atoms with E-state index in [-0.39, 0.29) is 17.0 Å². The lowest BCUT2D eigenvalue weighted by Gasteiger charge is -2.20. The minimum absolute atomic E-state index is 0.0119. The number of primary sulfonamides is 1. The minimum Gasteiger partial charge on any atom is -0.401 e. The van der Waals surface area contributed by atoms with Gasteiger partial charge in [-0.05, 0) is 50.5 Å². The number of benzene rings is 1. The fraction of sp³-hybridized carbons (Fsp3) is 0.286. The second-order valence-corrected chi connectivity index (χ2v) is 9.81. The Bertz CT molecular complexity index is 1080. The number of nitrogens with two attached hydrogens (primary N) is 2. The van der Waals surface area contributed by atoms with Gasteiger partial charge < -0.3 is 11.1 Å². The SMILES string of the molecule is CC/C(C)=C(\NC1=CCC(S(N)(=O)=O)C=C1)S/C(C(=O)c1c(F)cccc1F)=C(\C)N. The summed E-state index contributed by atoms with van der Waals surface area (Å²) in [5.41, 5.74) is 6.82. The zero-order valence-electron chi connectivity index (χ0n) is 17.4. The first kappa shape index (κ1) is 24.8. The molecule has 1 aromatic rings. The van der Waals surface area contributed by atoms with Gasteiger partial charge in [0.15, 0.2) is 0 Å². The highest BCUT2D eigenvalue weighted by Gasteiger charge is 2.25. The Morgan fingerprint density at radius 1 is 1.26 bits per heavy atom. The van der Waals surface area contributed by atoms with E-state index in [0.29, 0.717) is 17.1 Å². The number of hydrogen-bond acceptors (Lipinski definition) is 6. The van der Waals surface area contributed by atoms with E-state index < -0.39 is 38.3 Å². The smallest absolute Gasteiger partial charge is 0.215 e. The van der Waals surface area contributed by atoms with Crippen LogP contribution in [-0.4, -0.2) is 19.5 Å². The Kier molecular flexibility index (Phi) is 8.21. The number of halogens is 2. The predicted octanol–water partition coefficient (Wildman–Crippen LogP) is 3.80. The largest absolute Gasteiger partial charge is 0.401 e. The third-order valence-corrected chi connectivity index (χ3v) is 7.18. The van der Waals surface area contributed by atoms with E-state index in [9.17, 15) is 22.0 Å². The molecule has 0 fully saturated rings. The van der Waals surface area contributed by atoms with E-state index in [1.54, 1.807) is 12.2 Å². The minimum atomic E-state index is -3.70. The molecule has 5 N–H and O–H groups in total. The molecule has 1 unspecified atom stereocenters. The zero-order chi connectivity index (χ0) is 23.3. The second kappa shape index (κ2) is 10.3. The molecule has 0 bridgehead atoms. The third kappa shape index (κ3) is 6.28. The van der Waals surface area contributed by atoms with Crippen molar-refractivity contribution in [3.8, 4) is 0 Å². The summed E-state index contributed by atoms with van der Waals surface area (Å²) in [6, 6.07) is 3.20. The summed E-state index contributed by atoms with van der Waals surface area (Å²) in [5, 5.41) is 8.07. The number of Topliss-reactive ketones (excluding diaryl/α,β-unsaturated/α-hetero) is 1. The number of thioether (sulfide) groups is 1. The molecule has 0 amide bonds. The molecule has 2 rings (SSSR count). The Balaban J connectivity index is 2.34. The van der Waals surface area contributed by atoms with Crippen molar-refractivity contribution < 1.29 is 22.0 Å². The van der Waals surface area contributed by atoms with Gasteiger partial charge in [-0.2, -0.15) is 0 Å². The van der Waals surface area contributed by atoms with Crippen molar-refractivity contribution in [2.75, 3.05) is 0 Å². The Labute approximate surface area is 185 Å². The predicted molar refractivity (Wildman–Crippen MR) is 120 cm³/mol. The number of sulfonamides is 1. The monoisotopic (exact) mass is 469 g/mol. The van der Waals surface area contributed by atoms with Gasteiger partial charge in [0.25, 0.3) is 0 Å². The van der Waals surface area contributed by atoms with E-state index in [1.165, 1.54) is 19.1 Å². The summed E-state index contributed by atoms with van der Waals surface area (Å²) in [6.45, 7) is 5.23. The van der Waals surface area contributed by atoms with Crippen LogP contribution in [0.1, 0.15) is 44.0 Å². The summed E-state index contributed by atoms with van der Waals surface area (Å²) in [7, 11) is -3.70. The van der Waals surface area contributed by atoms with E-state index in [4.69, 9.17) is 10.9 Å². The van der Waals surface area contributed by atoms with Crippen molar-refractivity contribution in [2.45, 2.75) is 38.9 Å². The maximum absolute atomic E-state index is 14.2. The molecular weight excluding hydrogens is 444 g/mol. The molecule has 1 atom stereocenters.